The molecule has 3 heterocycles. The van der Waals surface area contributed by atoms with Gasteiger partial charge in [0.1, 0.15) is 41.2 Å². The number of aliphatic hydroxyl groups is 1. The topological polar surface area (TPSA) is 101 Å². The number of ether oxygens (including phenoxy) is 3. The van der Waals surface area contributed by atoms with Crippen molar-refractivity contribution in [2.24, 2.45) is 0 Å². The number of rotatable bonds is 7. The maximum atomic E-state index is 14.2. The molecule has 196 valence electrons. The number of furan rings is 1. The average molecular weight is 518 g/mol. The van der Waals surface area contributed by atoms with Crippen molar-refractivity contribution in [1.82, 2.24) is 9.88 Å². The lowest BCUT2D eigenvalue weighted by Crippen LogP contribution is -2.37. The molecule has 2 aromatic carbocycles. The lowest BCUT2D eigenvalue weighted by atomic mass is 10.0. The van der Waals surface area contributed by atoms with E-state index in [4.69, 9.17) is 18.6 Å². The third-order valence-corrected chi connectivity index (χ3v) is 6.61. The predicted octanol–water partition coefficient (Wildman–Crippen LogP) is 5.10. The van der Waals surface area contributed by atoms with Crippen LogP contribution in [-0.4, -0.2) is 61.7 Å². The molecule has 1 fully saturated rings. The largest absolute Gasteiger partial charge is 0.496 e. The number of hydrogen-bond donors (Lipinski definition) is 1. The molecule has 0 aliphatic carbocycles. The number of nitriles is 1. The molecular weight excluding hydrogens is 489 g/mol. The first kappa shape index (κ1) is 25.7. The first-order chi connectivity index (χ1) is 18.4. The van der Waals surface area contributed by atoms with E-state index in [1.165, 1.54) is 0 Å². The fourth-order valence-corrected chi connectivity index (χ4v) is 4.54. The molecule has 5 rings (SSSR count). The minimum absolute atomic E-state index is 0.00971. The van der Waals surface area contributed by atoms with Crippen molar-refractivity contribution in [1.29, 1.82) is 5.26 Å². The van der Waals surface area contributed by atoms with E-state index in [1.54, 1.807) is 50.5 Å². The number of hydrogen-bond acceptors (Lipinski definition) is 8. The van der Waals surface area contributed by atoms with E-state index < -0.39 is 18.5 Å². The number of nitrogens with zero attached hydrogens (tertiary/aromatic N) is 3. The summed E-state index contributed by atoms with van der Waals surface area (Å²) >= 11 is 0. The highest BCUT2D eigenvalue weighted by molar-refractivity contribution is 5.93. The summed E-state index contributed by atoms with van der Waals surface area (Å²) in [6.07, 6.45) is -0.565. The zero-order valence-electron chi connectivity index (χ0n) is 21.3. The van der Waals surface area contributed by atoms with Crippen LogP contribution in [0, 0.1) is 11.3 Å². The van der Waals surface area contributed by atoms with Crippen molar-refractivity contribution in [2.45, 2.75) is 24.9 Å². The molecule has 1 N–H and O–H groups in total. The Hall–Kier alpha value is -3.97. The Kier molecular flexibility index (Phi) is 7.29. The molecule has 38 heavy (non-hydrogen) atoms. The molecule has 0 bridgehead atoms. The second-order valence-electron chi connectivity index (χ2n) is 9.34. The van der Waals surface area contributed by atoms with Gasteiger partial charge in [-0.3, -0.25) is 9.88 Å². The number of aromatic nitrogens is 1. The summed E-state index contributed by atoms with van der Waals surface area (Å²) < 4.78 is 37.1. The van der Waals surface area contributed by atoms with Crippen molar-refractivity contribution in [3.63, 3.8) is 0 Å². The maximum Gasteiger partial charge on any atom is 0.161 e. The molecule has 3 atom stereocenters. The van der Waals surface area contributed by atoms with E-state index in [9.17, 15) is 14.8 Å². The third kappa shape index (κ3) is 4.94. The van der Waals surface area contributed by atoms with Crippen LogP contribution in [0.3, 0.4) is 0 Å². The van der Waals surface area contributed by atoms with Crippen LogP contribution < -0.4 is 9.47 Å². The van der Waals surface area contributed by atoms with Crippen LogP contribution in [0.1, 0.15) is 23.8 Å². The SMILES string of the molecule is COc1cc(C(O)N(C)C)ccc1-c1cc2nccc(-c3ccc(OC4CCOCC4F)c(C#N)c3)c2o1. The van der Waals surface area contributed by atoms with Gasteiger partial charge in [0.15, 0.2) is 11.8 Å². The fourth-order valence-electron chi connectivity index (χ4n) is 4.54. The normalized spacial score (nSPS) is 18.3. The smallest absolute Gasteiger partial charge is 0.161 e. The minimum Gasteiger partial charge on any atom is -0.496 e. The van der Waals surface area contributed by atoms with Gasteiger partial charge >= 0.3 is 0 Å². The van der Waals surface area contributed by atoms with E-state index in [0.717, 1.165) is 11.1 Å². The van der Waals surface area contributed by atoms with Gasteiger partial charge in [-0.2, -0.15) is 5.26 Å². The molecule has 0 amide bonds. The Bertz CT molecular complexity index is 1500. The molecule has 1 aliphatic rings. The Morgan fingerprint density at radius 3 is 2.71 bits per heavy atom. The Labute approximate surface area is 219 Å². The molecule has 1 aliphatic heterocycles. The first-order valence-electron chi connectivity index (χ1n) is 12.2. The van der Waals surface area contributed by atoms with Crippen LogP contribution in [0.25, 0.3) is 33.6 Å². The fraction of sp³-hybridized carbons (Fsp3) is 0.310. The van der Waals surface area contributed by atoms with E-state index in [2.05, 4.69) is 11.1 Å². The predicted molar refractivity (Wildman–Crippen MR) is 140 cm³/mol. The minimum atomic E-state index is -1.24. The Morgan fingerprint density at radius 2 is 1.97 bits per heavy atom. The van der Waals surface area contributed by atoms with Gasteiger partial charge in [-0.15, -0.1) is 0 Å². The second kappa shape index (κ2) is 10.8. The number of methoxy groups -OCH3 is 1. The van der Waals surface area contributed by atoms with Crippen LogP contribution in [-0.2, 0) is 4.74 Å². The summed E-state index contributed by atoms with van der Waals surface area (Å²) in [6, 6.07) is 16.5. The van der Waals surface area contributed by atoms with E-state index in [1.807, 2.05) is 30.3 Å². The monoisotopic (exact) mass is 517 g/mol. The number of aliphatic hydroxyl groups excluding tert-OH is 1. The van der Waals surface area contributed by atoms with Gasteiger partial charge in [-0.05, 0) is 55.6 Å². The van der Waals surface area contributed by atoms with Gasteiger partial charge in [-0.1, -0.05) is 12.1 Å². The van der Waals surface area contributed by atoms with Crippen molar-refractivity contribution >= 4 is 11.1 Å². The maximum absolute atomic E-state index is 14.2. The summed E-state index contributed by atoms with van der Waals surface area (Å²) in [4.78, 5) is 6.15. The summed E-state index contributed by atoms with van der Waals surface area (Å²) in [5.74, 6) is 1.44. The molecule has 8 nitrogen and oxygen atoms in total. The molecule has 4 aromatic rings. The lowest BCUT2D eigenvalue weighted by molar-refractivity contribution is -0.0383. The van der Waals surface area contributed by atoms with Crippen molar-refractivity contribution in [3.05, 3.63) is 65.9 Å². The zero-order chi connectivity index (χ0) is 26.8. The van der Waals surface area contributed by atoms with Gasteiger partial charge in [-0.25, -0.2) is 4.39 Å². The van der Waals surface area contributed by atoms with Gasteiger partial charge in [0.05, 0.1) is 31.5 Å². The van der Waals surface area contributed by atoms with Gasteiger partial charge in [0.25, 0.3) is 0 Å². The quantitative estimate of drug-likeness (QED) is 0.338. The highest BCUT2D eigenvalue weighted by Gasteiger charge is 2.28. The van der Waals surface area contributed by atoms with Crippen LogP contribution in [0.5, 0.6) is 11.5 Å². The van der Waals surface area contributed by atoms with E-state index in [-0.39, 0.29) is 6.61 Å². The molecule has 0 radical (unpaired) electrons. The van der Waals surface area contributed by atoms with Gasteiger partial charge in [0, 0.05) is 24.2 Å². The highest BCUT2D eigenvalue weighted by atomic mass is 19.1. The van der Waals surface area contributed by atoms with Crippen molar-refractivity contribution in [2.75, 3.05) is 34.4 Å². The molecule has 3 unspecified atom stereocenters. The summed E-state index contributed by atoms with van der Waals surface area (Å²) in [5.41, 5.74) is 4.38. The molecule has 2 aromatic heterocycles. The van der Waals surface area contributed by atoms with E-state index >= 15 is 0 Å². The van der Waals surface area contributed by atoms with Crippen LogP contribution >= 0.6 is 0 Å². The number of fused-ring (bicyclic) bond motifs is 1. The summed E-state index contributed by atoms with van der Waals surface area (Å²) in [7, 11) is 5.14. The molecule has 0 spiro atoms. The number of benzene rings is 2. The van der Waals surface area contributed by atoms with Crippen molar-refractivity contribution < 1.29 is 28.1 Å². The molecular formula is C29H28FN3O5. The van der Waals surface area contributed by atoms with Gasteiger partial charge < -0.3 is 23.7 Å². The Morgan fingerprint density at radius 1 is 1.13 bits per heavy atom. The van der Waals surface area contributed by atoms with E-state index in [0.29, 0.717) is 58.1 Å². The molecule has 9 heteroatoms. The molecule has 0 saturated carbocycles. The van der Waals surface area contributed by atoms with Crippen LogP contribution in [0.2, 0.25) is 0 Å². The zero-order valence-corrected chi connectivity index (χ0v) is 21.3. The summed E-state index contributed by atoms with van der Waals surface area (Å²) in [6.45, 7) is 0.412. The van der Waals surface area contributed by atoms with Crippen LogP contribution in [0.15, 0.2) is 59.1 Å². The highest BCUT2D eigenvalue weighted by Crippen LogP contribution is 2.39. The third-order valence-electron chi connectivity index (χ3n) is 6.61. The number of pyridine rings is 1. The average Bonchev–Trinajstić information content (AvgIpc) is 3.38. The summed E-state index contributed by atoms with van der Waals surface area (Å²) in [5, 5.41) is 20.2. The standard InChI is InChI=1S/C29H28FN3O5/c1-33(2)29(34)18-4-6-21(26(13-18)35-3)27-14-23-28(38-27)20(8-10-32-23)17-5-7-24(19(12-17)15-31)37-25-9-11-36-16-22(25)30/h4-8,10,12-14,22,25,29,34H,9,11,16H2,1-3H3. The second-order valence-corrected chi connectivity index (χ2v) is 9.34. The van der Waals surface area contributed by atoms with Crippen molar-refractivity contribution in [3.8, 4) is 40.0 Å². The molecule has 1 saturated heterocycles. The Balaban J connectivity index is 1.50. The number of halogens is 1. The number of alkyl halides is 1. The lowest BCUT2D eigenvalue weighted by Gasteiger charge is -2.27. The van der Waals surface area contributed by atoms with Crippen LogP contribution in [0.4, 0.5) is 4.39 Å². The van der Waals surface area contributed by atoms with Gasteiger partial charge in [0.2, 0.25) is 0 Å². The first-order valence-corrected chi connectivity index (χ1v) is 12.2.